The van der Waals surface area contributed by atoms with Gasteiger partial charge in [0.25, 0.3) is 0 Å². The van der Waals surface area contributed by atoms with Crippen molar-refractivity contribution in [2.45, 2.75) is 12.8 Å². The quantitative estimate of drug-likeness (QED) is 0.728. The summed E-state index contributed by atoms with van der Waals surface area (Å²) in [7, 11) is 0. The number of aromatic nitrogens is 2. The van der Waals surface area contributed by atoms with E-state index in [4.69, 9.17) is 10.8 Å². The summed E-state index contributed by atoms with van der Waals surface area (Å²) in [6.45, 7) is 0.233. The Bertz CT molecular complexity index is 448. The zero-order chi connectivity index (χ0) is 11.4. The van der Waals surface area contributed by atoms with Crippen LogP contribution in [0.5, 0.6) is 0 Å². The lowest BCUT2D eigenvalue weighted by Gasteiger charge is -2.02. The third-order valence-corrected chi connectivity index (χ3v) is 2.56. The molecule has 0 aliphatic heterocycles. The van der Waals surface area contributed by atoms with Crippen molar-refractivity contribution in [3.63, 3.8) is 0 Å². The number of aromatic amines is 1. The summed E-state index contributed by atoms with van der Waals surface area (Å²) >= 11 is 0. The Balaban J connectivity index is 2.16. The first-order chi connectivity index (χ1) is 7.81. The maximum Gasteiger partial charge on any atom is 0.126 e. The standard InChI is InChI=1S/C12H15N3O/c13-12-11(8-14-15-12)10-5-3-9(4-6-10)2-1-7-16/h3-6,8,16H,1-2,7H2,(H3,13,14,15). The maximum atomic E-state index is 8.74. The number of aliphatic hydroxyl groups excluding tert-OH is 1. The topological polar surface area (TPSA) is 74.9 Å². The number of anilines is 1. The molecular formula is C12H15N3O. The molecule has 84 valence electrons. The molecule has 0 bridgehead atoms. The van der Waals surface area contributed by atoms with Crippen molar-refractivity contribution in [1.29, 1.82) is 0 Å². The Morgan fingerprint density at radius 2 is 2.00 bits per heavy atom. The van der Waals surface area contributed by atoms with Gasteiger partial charge in [0.15, 0.2) is 0 Å². The fraction of sp³-hybridized carbons (Fsp3) is 0.250. The fourth-order valence-corrected chi connectivity index (χ4v) is 1.66. The molecule has 0 amide bonds. The highest BCUT2D eigenvalue weighted by molar-refractivity contribution is 5.72. The van der Waals surface area contributed by atoms with Gasteiger partial charge >= 0.3 is 0 Å². The number of benzene rings is 1. The average molecular weight is 217 g/mol. The first-order valence-corrected chi connectivity index (χ1v) is 5.30. The van der Waals surface area contributed by atoms with Gasteiger partial charge in [-0.3, -0.25) is 5.10 Å². The molecule has 0 fully saturated rings. The van der Waals surface area contributed by atoms with Crippen LogP contribution in [0.25, 0.3) is 11.1 Å². The summed E-state index contributed by atoms with van der Waals surface area (Å²) < 4.78 is 0. The van der Waals surface area contributed by atoms with Crippen LogP contribution in [-0.2, 0) is 6.42 Å². The average Bonchev–Trinajstić information content (AvgIpc) is 2.74. The van der Waals surface area contributed by atoms with Crippen LogP contribution >= 0.6 is 0 Å². The number of nitrogen functional groups attached to an aromatic ring is 1. The lowest BCUT2D eigenvalue weighted by atomic mass is 10.0. The van der Waals surface area contributed by atoms with Gasteiger partial charge in [0, 0.05) is 12.2 Å². The number of hydrogen-bond acceptors (Lipinski definition) is 3. The summed E-state index contributed by atoms with van der Waals surface area (Å²) in [5.41, 5.74) is 8.94. The van der Waals surface area contributed by atoms with E-state index in [0.717, 1.165) is 24.0 Å². The van der Waals surface area contributed by atoms with Gasteiger partial charge in [-0.1, -0.05) is 24.3 Å². The van der Waals surface area contributed by atoms with E-state index in [1.807, 2.05) is 12.1 Å². The van der Waals surface area contributed by atoms with Crippen molar-refractivity contribution in [2.75, 3.05) is 12.3 Å². The van der Waals surface area contributed by atoms with E-state index < -0.39 is 0 Å². The van der Waals surface area contributed by atoms with Crippen LogP contribution in [0, 0.1) is 0 Å². The lowest BCUT2D eigenvalue weighted by molar-refractivity contribution is 0.288. The van der Waals surface area contributed by atoms with Crippen molar-refractivity contribution in [3.8, 4) is 11.1 Å². The molecule has 0 aliphatic carbocycles. The molecule has 16 heavy (non-hydrogen) atoms. The smallest absolute Gasteiger partial charge is 0.126 e. The molecule has 0 aliphatic rings. The predicted octanol–water partition coefficient (Wildman–Crippen LogP) is 1.58. The molecule has 0 saturated carbocycles. The second-order valence-corrected chi connectivity index (χ2v) is 3.72. The highest BCUT2D eigenvalue weighted by atomic mass is 16.2. The normalized spacial score (nSPS) is 10.6. The van der Waals surface area contributed by atoms with Crippen molar-refractivity contribution in [1.82, 2.24) is 10.2 Å². The van der Waals surface area contributed by atoms with Crippen LogP contribution in [-0.4, -0.2) is 21.9 Å². The third kappa shape index (κ3) is 2.23. The van der Waals surface area contributed by atoms with E-state index in [1.54, 1.807) is 6.20 Å². The summed E-state index contributed by atoms with van der Waals surface area (Å²) in [5.74, 6) is 0.586. The van der Waals surface area contributed by atoms with Crippen molar-refractivity contribution >= 4 is 5.82 Å². The van der Waals surface area contributed by atoms with Crippen molar-refractivity contribution in [2.24, 2.45) is 0 Å². The zero-order valence-electron chi connectivity index (χ0n) is 8.98. The fourth-order valence-electron chi connectivity index (χ4n) is 1.66. The summed E-state index contributed by atoms with van der Waals surface area (Å²) in [4.78, 5) is 0. The van der Waals surface area contributed by atoms with Gasteiger partial charge in [0.1, 0.15) is 5.82 Å². The molecule has 1 aromatic carbocycles. The van der Waals surface area contributed by atoms with Crippen LogP contribution in [0.1, 0.15) is 12.0 Å². The Morgan fingerprint density at radius 3 is 2.56 bits per heavy atom. The van der Waals surface area contributed by atoms with E-state index >= 15 is 0 Å². The van der Waals surface area contributed by atoms with E-state index in [-0.39, 0.29) is 6.61 Å². The number of rotatable bonds is 4. The minimum atomic E-state index is 0.233. The van der Waals surface area contributed by atoms with E-state index in [0.29, 0.717) is 5.82 Å². The molecule has 0 atom stereocenters. The van der Waals surface area contributed by atoms with Gasteiger partial charge in [-0.05, 0) is 24.0 Å². The number of nitrogens with zero attached hydrogens (tertiary/aromatic N) is 1. The van der Waals surface area contributed by atoms with Crippen LogP contribution in [0.3, 0.4) is 0 Å². The van der Waals surface area contributed by atoms with Gasteiger partial charge in [0.2, 0.25) is 0 Å². The monoisotopic (exact) mass is 217 g/mol. The second-order valence-electron chi connectivity index (χ2n) is 3.72. The largest absolute Gasteiger partial charge is 0.396 e. The van der Waals surface area contributed by atoms with E-state index in [2.05, 4.69) is 22.3 Å². The summed E-state index contributed by atoms with van der Waals surface area (Å²) in [6, 6.07) is 8.15. The van der Waals surface area contributed by atoms with Crippen molar-refractivity contribution in [3.05, 3.63) is 36.0 Å². The molecule has 0 spiro atoms. The van der Waals surface area contributed by atoms with Gasteiger partial charge < -0.3 is 10.8 Å². The molecule has 0 unspecified atom stereocenters. The van der Waals surface area contributed by atoms with Crippen LogP contribution < -0.4 is 5.73 Å². The Morgan fingerprint density at radius 1 is 1.25 bits per heavy atom. The summed E-state index contributed by atoms with van der Waals surface area (Å²) in [6.07, 6.45) is 3.42. The number of nitrogens with two attached hydrogens (primary N) is 1. The SMILES string of the molecule is Nc1[nH]ncc1-c1ccc(CCCO)cc1. The molecule has 4 N–H and O–H groups in total. The van der Waals surface area contributed by atoms with Crippen LogP contribution in [0.2, 0.25) is 0 Å². The minimum Gasteiger partial charge on any atom is -0.396 e. The first-order valence-electron chi connectivity index (χ1n) is 5.30. The Hall–Kier alpha value is -1.81. The molecule has 0 saturated heterocycles. The number of nitrogens with one attached hydrogen (secondary N) is 1. The first kappa shape index (κ1) is 10.7. The van der Waals surface area contributed by atoms with E-state index in [9.17, 15) is 0 Å². The molecule has 4 heteroatoms. The van der Waals surface area contributed by atoms with Gasteiger partial charge in [-0.25, -0.2) is 0 Å². The third-order valence-electron chi connectivity index (χ3n) is 2.56. The number of aliphatic hydroxyl groups is 1. The lowest BCUT2D eigenvalue weighted by Crippen LogP contribution is -1.90. The number of hydrogen-bond donors (Lipinski definition) is 3. The Kier molecular flexibility index (Phi) is 3.22. The van der Waals surface area contributed by atoms with Crippen LogP contribution in [0.4, 0.5) is 5.82 Å². The minimum absolute atomic E-state index is 0.233. The molecule has 1 aromatic heterocycles. The second kappa shape index (κ2) is 4.81. The zero-order valence-corrected chi connectivity index (χ0v) is 8.98. The highest BCUT2D eigenvalue weighted by Crippen LogP contribution is 2.23. The maximum absolute atomic E-state index is 8.74. The van der Waals surface area contributed by atoms with Crippen LogP contribution in [0.15, 0.2) is 30.5 Å². The van der Waals surface area contributed by atoms with E-state index in [1.165, 1.54) is 5.56 Å². The van der Waals surface area contributed by atoms with Crippen molar-refractivity contribution < 1.29 is 5.11 Å². The molecule has 2 aromatic rings. The number of aryl methyl sites for hydroxylation is 1. The molecule has 4 nitrogen and oxygen atoms in total. The Labute approximate surface area is 94.1 Å². The molecule has 2 rings (SSSR count). The number of H-pyrrole nitrogens is 1. The predicted molar refractivity (Wildman–Crippen MR) is 63.8 cm³/mol. The molecule has 0 radical (unpaired) electrons. The summed E-state index contributed by atoms with van der Waals surface area (Å²) in [5, 5.41) is 15.3. The van der Waals surface area contributed by atoms with Gasteiger partial charge in [-0.2, -0.15) is 5.10 Å². The molecule has 1 heterocycles. The van der Waals surface area contributed by atoms with Gasteiger partial charge in [0.05, 0.1) is 6.20 Å². The highest BCUT2D eigenvalue weighted by Gasteiger charge is 2.03. The van der Waals surface area contributed by atoms with Gasteiger partial charge in [-0.15, -0.1) is 0 Å². The molecular weight excluding hydrogens is 202 g/mol.